The fraction of sp³-hybridized carbons (Fsp3) is 0.355. The van der Waals surface area contributed by atoms with E-state index in [2.05, 4.69) is 5.32 Å². The first-order valence-electron chi connectivity index (χ1n) is 13.5. The second-order valence-corrected chi connectivity index (χ2v) is 9.25. The summed E-state index contributed by atoms with van der Waals surface area (Å²) >= 11 is 0. The zero-order chi connectivity index (χ0) is 29.5. The van der Waals surface area contributed by atoms with Crippen molar-refractivity contribution in [3.8, 4) is 5.75 Å². The summed E-state index contributed by atoms with van der Waals surface area (Å²) in [5, 5.41) is 12.0. The lowest BCUT2D eigenvalue weighted by atomic mass is 10.1. The Kier molecular flexibility index (Phi) is 13.0. The largest absolute Gasteiger partial charge is 0.492 e. The van der Waals surface area contributed by atoms with Gasteiger partial charge in [0.05, 0.1) is 13.2 Å². The zero-order valence-corrected chi connectivity index (χ0v) is 23.1. The zero-order valence-electron chi connectivity index (χ0n) is 23.1. The van der Waals surface area contributed by atoms with Crippen LogP contribution in [-0.2, 0) is 33.8 Å². The Labute approximate surface area is 238 Å². The molecule has 10 heteroatoms. The average Bonchev–Trinajstić information content (AvgIpc) is 2.96. The van der Waals surface area contributed by atoms with E-state index in [4.69, 9.17) is 14.2 Å². The van der Waals surface area contributed by atoms with Crippen molar-refractivity contribution >= 4 is 12.0 Å². The Morgan fingerprint density at radius 3 is 2.39 bits per heavy atom. The molecule has 0 bridgehead atoms. The van der Waals surface area contributed by atoms with Gasteiger partial charge in [-0.15, -0.1) is 0 Å². The second kappa shape index (κ2) is 16.9. The van der Waals surface area contributed by atoms with Gasteiger partial charge in [0.25, 0.3) is 0 Å². The maximum Gasteiger partial charge on any atom is 0.333 e. The van der Waals surface area contributed by atoms with Gasteiger partial charge < -0.3 is 29.5 Å². The van der Waals surface area contributed by atoms with Gasteiger partial charge in [-0.2, -0.15) is 0 Å². The highest BCUT2D eigenvalue weighted by Crippen LogP contribution is 2.15. The third-order valence-corrected chi connectivity index (χ3v) is 6.18. The fourth-order valence-corrected chi connectivity index (χ4v) is 4.01. The number of carbonyl (C=O) groups excluding carboxylic acids is 1. The molecular formula is C31H36F2N2O6. The van der Waals surface area contributed by atoms with Gasteiger partial charge in [-0.25, -0.2) is 18.4 Å². The van der Waals surface area contributed by atoms with E-state index < -0.39 is 29.7 Å². The second-order valence-electron chi connectivity index (χ2n) is 9.25. The van der Waals surface area contributed by atoms with Crippen molar-refractivity contribution in [3.63, 3.8) is 0 Å². The number of carbonyl (C=O) groups is 2. The SMILES string of the molecule is CCOC(Cc1ccc(OCCN(CCCOCc2ccccc2)C(=O)NCc2ccc(F)cc2F)cc1)C(=O)O. The number of benzene rings is 3. The van der Waals surface area contributed by atoms with Crippen molar-refractivity contribution < 1.29 is 37.7 Å². The first-order valence-corrected chi connectivity index (χ1v) is 13.5. The van der Waals surface area contributed by atoms with E-state index in [-0.39, 0.29) is 31.7 Å². The maximum absolute atomic E-state index is 14.0. The molecule has 8 nitrogen and oxygen atoms in total. The molecule has 2 N–H and O–H groups in total. The molecule has 0 spiro atoms. The summed E-state index contributed by atoms with van der Waals surface area (Å²) < 4.78 is 44.0. The Morgan fingerprint density at radius 2 is 1.71 bits per heavy atom. The van der Waals surface area contributed by atoms with Crippen LogP contribution < -0.4 is 10.1 Å². The first kappa shape index (κ1) is 31.5. The Hall–Kier alpha value is -4.02. The summed E-state index contributed by atoms with van der Waals surface area (Å²) in [6.45, 7) is 3.69. The number of hydrogen-bond donors (Lipinski definition) is 2. The predicted octanol–water partition coefficient (Wildman–Crippen LogP) is 5.19. The molecule has 0 heterocycles. The molecule has 1 atom stereocenters. The molecule has 0 aliphatic heterocycles. The number of nitrogens with zero attached hydrogens (tertiary/aromatic N) is 1. The molecule has 3 rings (SSSR count). The number of carboxylic acid groups (broad SMARTS) is 1. The molecule has 0 aliphatic rings. The molecule has 2 amide bonds. The van der Waals surface area contributed by atoms with Gasteiger partial charge in [0.15, 0.2) is 6.10 Å². The first-order chi connectivity index (χ1) is 19.9. The van der Waals surface area contributed by atoms with Crippen molar-refractivity contribution in [3.05, 3.63) is 101 Å². The molecule has 3 aromatic carbocycles. The van der Waals surface area contributed by atoms with Crippen LogP contribution in [0.15, 0.2) is 72.8 Å². The van der Waals surface area contributed by atoms with Gasteiger partial charge in [0.1, 0.15) is 24.0 Å². The summed E-state index contributed by atoms with van der Waals surface area (Å²) in [6.07, 6.45) is -0.109. The number of nitrogens with one attached hydrogen (secondary N) is 1. The minimum atomic E-state index is -1.02. The van der Waals surface area contributed by atoms with Crippen LogP contribution in [0.25, 0.3) is 0 Å². The maximum atomic E-state index is 14.0. The van der Waals surface area contributed by atoms with Crippen LogP contribution in [0, 0.1) is 11.6 Å². The molecule has 0 aliphatic carbocycles. The molecule has 0 radical (unpaired) electrons. The number of aliphatic carboxylic acids is 1. The lowest BCUT2D eigenvalue weighted by molar-refractivity contribution is -0.149. The quantitative estimate of drug-likeness (QED) is 0.217. The van der Waals surface area contributed by atoms with E-state index in [1.54, 1.807) is 36.1 Å². The Bertz CT molecular complexity index is 1230. The minimum Gasteiger partial charge on any atom is -0.492 e. The normalized spacial score (nSPS) is 11.6. The van der Waals surface area contributed by atoms with E-state index in [1.807, 2.05) is 30.3 Å². The third-order valence-electron chi connectivity index (χ3n) is 6.18. The van der Waals surface area contributed by atoms with Crippen molar-refractivity contribution in [1.29, 1.82) is 0 Å². The number of carboxylic acids is 1. The molecule has 0 fully saturated rings. The number of ether oxygens (including phenoxy) is 3. The van der Waals surface area contributed by atoms with E-state index in [0.717, 1.165) is 23.3 Å². The van der Waals surface area contributed by atoms with E-state index in [1.165, 1.54) is 6.07 Å². The van der Waals surface area contributed by atoms with Crippen molar-refractivity contribution in [2.75, 3.05) is 32.9 Å². The number of amides is 2. The third kappa shape index (κ3) is 11.2. The summed E-state index contributed by atoms with van der Waals surface area (Å²) in [6, 6.07) is 19.6. The van der Waals surface area contributed by atoms with Crippen molar-refractivity contribution in [1.82, 2.24) is 10.2 Å². The van der Waals surface area contributed by atoms with Gasteiger partial charge >= 0.3 is 12.0 Å². The highest BCUT2D eigenvalue weighted by atomic mass is 19.1. The van der Waals surface area contributed by atoms with Crippen LogP contribution >= 0.6 is 0 Å². The van der Waals surface area contributed by atoms with E-state index in [9.17, 15) is 23.5 Å². The molecule has 3 aromatic rings. The van der Waals surface area contributed by atoms with E-state index >= 15 is 0 Å². The molecule has 0 aromatic heterocycles. The van der Waals surface area contributed by atoms with Crippen LogP contribution in [0.1, 0.15) is 30.0 Å². The molecule has 41 heavy (non-hydrogen) atoms. The van der Waals surface area contributed by atoms with Crippen LogP contribution in [0.3, 0.4) is 0 Å². The standard InChI is InChI=1S/C31H36F2N2O6/c1-2-40-29(30(36)37)19-23-9-13-27(14-10-23)41-18-16-35(15-6-17-39-22-24-7-4-3-5-8-24)31(38)34-21-25-11-12-26(32)20-28(25)33/h3-5,7-14,20,29H,2,6,15-19,21-22H2,1H3,(H,34,38)(H,36,37). The monoisotopic (exact) mass is 570 g/mol. The molecule has 0 saturated carbocycles. The van der Waals surface area contributed by atoms with Crippen molar-refractivity contribution in [2.45, 2.75) is 39.0 Å². The molecule has 220 valence electrons. The molecule has 1 unspecified atom stereocenters. The Balaban J connectivity index is 1.51. The minimum absolute atomic E-state index is 0.0899. The average molecular weight is 571 g/mol. The van der Waals surface area contributed by atoms with Crippen LogP contribution in [0.2, 0.25) is 0 Å². The molecular weight excluding hydrogens is 534 g/mol. The summed E-state index contributed by atoms with van der Waals surface area (Å²) in [4.78, 5) is 25.8. The number of rotatable bonds is 17. The fourth-order valence-electron chi connectivity index (χ4n) is 4.01. The van der Waals surface area contributed by atoms with Crippen LogP contribution in [0.5, 0.6) is 5.75 Å². The van der Waals surface area contributed by atoms with Crippen molar-refractivity contribution in [2.24, 2.45) is 0 Å². The Morgan fingerprint density at radius 1 is 0.951 bits per heavy atom. The van der Waals surface area contributed by atoms with Gasteiger partial charge in [0.2, 0.25) is 0 Å². The number of hydrogen-bond acceptors (Lipinski definition) is 5. The summed E-state index contributed by atoms with van der Waals surface area (Å²) in [5.41, 5.74) is 2.03. The highest BCUT2D eigenvalue weighted by Gasteiger charge is 2.18. The topological polar surface area (TPSA) is 97.3 Å². The predicted molar refractivity (Wildman–Crippen MR) is 150 cm³/mol. The van der Waals surface area contributed by atoms with Gasteiger partial charge in [-0.1, -0.05) is 48.5 Å². The van der Waals surface area contributed by atoms with Gasteiger partial charge in [0, 0.05) is 44.4 Å². The summed E-state index contributed by atoms with van der Waals surface area (Å²) in [7, 11) is 0. The van der Waals surface area contributed by atoms with Gasteiger partial charge in [-0.3, -0.25) is 0 Å². The smallest absolute Gasteiger partial charge is 0.333 e. The number of halogens is 2. The highest BCUT2D eigenvalue weighted by molar-refractivity contribution is 5.74. The lowest BCUT2D eigenvalue weighted by Crippen LogP contribution is -2.42. The van der Waals surface area contributed by atoms with E-state index in [0.29, 0.717) is 38.5 Å². The van der Waals surface area contributed by atoms with Crippen LogP contribution in [0.4, 0.5) is 13.6 Å². The lowest BCUT2D eigenvalue weighted by Gasteiger charge is -2.23. The molecule has 0 saturated heterocycles. The number of urea groups is 1. The van der Waals surface area contributed by atoms with Gasteiger partial charge in [-0.05, 0) is 42.7 Å². The van der Waals surface area contributed by atoms with Crippen LogP contribution in [-0.4, -0.2) is 61.0 Å². The summed E-state index contributed by atoms with van der Waals surface area (Å²) in [5.74, 6) is -1.86.